The lowest BCUT2D eigenvalue weighted by atomic mass is 9.86. The summed E-state index contributed by atoms with van der Waals surface area (Å²) in [5, 5.41) is 3.68. The molecule has 1 fully saturated rings. The fourth-order valence-corrected chi connectivity index (χ4v) is 2.84. The zero-order chi connectivity index (χ0) is 13.7. The minimum absolute atomic E-state index is 0.644. The summed E-state index contributed by atoms with van der Waals surface area (Å²) in [6, 6.07) is 6.70. The van der Waals surface area contributed by atoms with Crippen LogP contribution in [0.25, 0.3) is 0 Å². The highest BCUT2D eigenvalue weighted by molar-refractivity contribution is 5.38. The van der Waals surface area contributed by atoms with Gasteiger partial charge >= 0.3 is 0 Å². The summed E-state index contributed by atoms with van der Waals surface area (Å²) in [6.45, 7) is 3.23. The van der Waals surface area contributed by atoms with Gasteiger partial charge in [0.15, 0.2) is 0 Å². The molecule has 0 amide bonds. The van der Waals surface area contributed by atoms with Crippen molar-refractivity contribution < 1.29 is 9.47 Å². The van der Waals surface area contributed by atoms with E-state index in [1.54, 1.807) is 14.2 Å². The maximum Gasteiger partial charge on any atom is 0.122 e. The summed E-state index contributed by atoms with van der Waals surface area (Å²) in [7, 11) is 3.38. The second-order valence-electron chi connectivity index (χ2n) is 5.47. The summed E-state index contributed by atoms with van der Waals surface area (Å²) in [5.41, 5.74) is 1.22. The summed E-state index contributed by atoms with van der Waals surface area (Å²) in [4.78, 5) is 0. The van der Waals surface area contributed by atoms with Gasteiger partial charge in [-0.3, -0.25) is 0 Å². The summed E-state index contributed by atoms with van der Waals surface area (Å²) < 4.78 is 10.6. The average molecular weight is 263 g/mol. The van der Waals surface area contributed by atoms with Gasteiger partial charge in [0.25, 0.3) is 0 Å². The Kier molecular flexibility index (Phi) is 5.08. The Morgan fingerprint density at radius 2 is 1.68 bits per heavy atom. The Hall–Kier alpha value is -1.22. The molecule has 2 rings (SSSR count). The van der Waals surface area contributed by atoms with Crippen LogP contribution in [0.15, 0.2) is 18.2 Å². The van der Waals surface area contributed by atoms with Gasteiger partial charge in [-0.2, -0.15) is 0 Å². The smallest absolute Gasteiger partial charge is 0.122 e. The van der Waals surface area contributed by atoms with E-state index in [0.717, 1.165) is 24.0 Å². The van der Waals surface area contributed by atoms with E-state index in [-0.39, 0.29) is 0 Å². The summed E-state index contributed by atoms with van der Waals surface area (Å²) >= 11 is 0. The first kappa shape index (κ1) is 14.2. The van der Waals surface area contributed by atoms with E-state index in [0.29, 0.717) is 6.04 Å². The Balaban J connectivity index is 1.98. The highest BCUT2D eigenvalue weighted by Gasteiger charge is 2.20. The number of rotatable bonds is 5. The Bertz CT molecular complexity index is 383. The van der Waals surface area contributed by atoms with E-state index in [1.807, 2.05) is 6.07 Å². The minimum atomic E-state index is 0.644. The molecule has 1 aliphatic carbocycles. The number of methoxy groups -OCH3 is 2. The van der Waals surface area contributed by atoms with Gasteiger partial charge < -0.3 is 14.8 Å². The number of nitrogens with one attached hydrogen (secondary N) is 1. The maximum absolute atomic E-state index is 5.30. The van der Waals surface area contributed by atoms with Crippen molar-refractivity contribution in [3.63, 3.8) is 0 Å². The molecular weight excluding hydrogens is 238 g/mol. The molecule has 1 aliphatic rings. The topological polar surface area (TPSA) is 30.5 Å². The highest BCUT2D eigenvalue weighted by atomic mass is 16.5. The van der Waals surface area contributed by atoms with Crippen molar-refractivity contribution >= 4 is 0 Å². The van der Waals surface area contributed by atoms with Crippen LogP contribution in [0.5, 0.6) is 11.5 Å². The lowest BCUT2D eigenvalue weighted by Gasteiger charge is -2.29. The maximum atomic E-state index is 5.30. The highest BCUT2D eigenvalue weighted by Crippen LogP contribution is 2.25. The van der Waals surface area contributed by atoms with Gasteiger partial charge in [-0.1, -0.05) is 19.8 Å². The van der Waals surface area contributed by atoms with Crippen LogP contribution in [-0.2, 0) is 6.54 Å². The lowest BCUT2D eigenvalue weighted by Crippen LogP contribution is -2.36. The predicted octanol–water partition coefficient (Wildman–Crippen LogP) is 3.37. The Morgan fingerprint density at radius 1 is 1.05 bits per heavy atom. The van der Waals surface area contributed by atoms with Crippen LogP contribution in [0.1, 0.15) is 38.2 Å². The largest absolute Gasteiger partial charge is 0.497 e. The summed E-state index contributed by atoms with van der Waals surface area (Å²) in [5.74, 6) is 2.49. The number of hydrogen-bond donors (Lipinski definition) is 1. The van der Waals surface area contributed by atoms with Crippen LogP contribution in [0.3, 0.4) is 0 Å². The van der Waals surface area contributed by atoms with Crippen molar-refractivity contribution in [2.24, 2.45) is 5.92 Å². The third-order valence-electron chi connectivity index (χ3n) is 4.09. The van der Waals surface area contributed by atoms with Crippen molar-refractivity contribution in [1.82, 2.24) is 5.32 Å². The molecule has 1 aromatic carbocycles. The van der Waals surface area contributed by atoms with Gasteiger partial charge in [-0.25, -0.2) is 0 Å². The lowest BCUT2D eigenvalue weighted by molar-refractivity contribution is 0.279. The fraction of sp³-hybridized carbons (Fsp3) is 0.625. The quantitative estimate of drug-likeness (QED) is 0.883. The molecule has 0 spiro atoms. The Labute approximate surface area is 116 Å². The Morgan fingerprint density at radius 3 is 2.26 bits per heavy atom. The third kappa shape index (κ3) is 3.87. The molecule has 0 unspecified atom stereocenters. The molecule has 1 N–H and O–H groups in total. The SMILES string of the molecule is COc1cc(CN[C@H]2CCCC[C@H]2C)cc(OC)c1. The van der Waals surface area contributed by atoms with Crippen molar-refractivity contribution in [3.05, 3.63) is 23.8 Å². The van der Waals surface area contributed by atoms with Crippen LogP contribution in [0.4, 0.5) is 0 Å². The second kappa shape index (κ2) is 6.80. The van der Waals surface area contributed by atoms with Crippen LogP contribution in [0.2, 0.25) is 0 Å². The van der Waals surface area contributed by atoms with Crippen LogP contribution in [-0.4, -0.2) is 20.3 Å². The van der Waals surface area contributed by atoms with Crippen LogP contribution in [0, 0.1) is 5.92 Å². The molecule has 0 radical (unpaired) electrons. The van der Waals surface area contributed by atoms with E-state index in [4.69, 9.17) is 9.47 Å². The second-order valence-corrected chi connectivity index (χ2v) is 5.47. The zero-order valence-electron chi connectivity index (χ0n) is 12.2. The number of ether oxygens (including phenoxy) is 2. The molecule has 106 valence electrons. The molecule has 3 heteroatoms. The zero-order valence-corrected chi connectivity index (χ0v) is 12.2. The molecule has 1 aromatic rings. The molecule has 19 heavy (non-hydrogen) atoms. The van der Waals surface area contributed by atoms with Gasteiger partial charge in [0.2, 0.25) is 0 Å². The first-order valence-corrected chi connectivity index (χ1v) is 7.18. The van der Waals surface area contributed by atoms with Crippen molar-refractivity contribution in [2.75, 3.05) is 14.2 Å². The standard InChI is InChI=1S/C16H25NO2/c1-12-6-4-5-7-16(12)17-11-13-8-14(18-2)10-15(9-13)19-3/h8-10,12,16-17H,4-7,11H2,1-3H3/t12-,16+/m1/s1. The number of benzene rings is 1. The van der Waals surface area contributed by atoms with Gasteiger partial charge in [0.1, 0.15) is 11.5 Å². The van der Waals surface area contributed by atoms with Crippen molar-refractivity contribution in [1.29, 1.82) is 0 Å². The molecule has 0 aromatic heterocycles. The molecule has 2 atom stereocenters. The van der Waals surface area contributed by atoms with E-state index >= 15 is 0 Å². The normalized spacial score (nSPS) is 23.1. The molecule has 0 heterocycles. The summed E-state index contributed by atoms with van der Waals surface area (Å²) in [6.07, 6.45) is 5.37. The fourth-order valence-electron chi connectivity index (χ4n) is 2.84. The molecule has 1 saturated carbocycles. The molecular formula is C16H25NO2. The van der Waals surface area contributed by atoms with Gasteiger partial charge in [-0.15, -0.1) is 0 Å². The van der Waals surface area contributed by atoms with Gasteiger partial charge in [0.05, 0.1) is 14.2 Å². The van der Waals surface area contributed by atoms with E-state index in [9.17, 15) is 0 Å². The van der Waals surface area contributed by atoms with Crippen molar-refractivity contribution in [2.45, 2.75) is 45.2 Å². The first-order valence-electron chi connectivity index (χ1n) is 7.18. The average Bonchev–Trinajstić information content (AvgIpc) is 2.46. The molecule has 3 nitrogen and oxygen atoms in total. The molecule has 0 aliphatic heterocycles. The first-order chi connectivity index (χ1) is 9.22. The predicted molar refractivity (Wildman–Crippen MR) is 77.8 cm³/mol. The van der Waals surface area contributed by atoms with Crippen molar-refractivity contribution in [3.8, 4) is 11.5 Å². The molecule has 0 bridgehead atoms. The minimum Gasteiger partial charge on any atom is -0.497 e. The van der Waals surface area contributed by atoms with E-state index < -0.39 is 0 Å². The van der Waals surface area contributed by atoms with E-state index in [2.05, 4.69) is 24.4 Å². The van der Waals surface area contributed by atoms with Crippen LogP contribution >= 0.6 is 0 Å². The third-order valence-corrected chi connectivity index (χ3v) is 4.09. The van der Waals surface area contributed by atoms with Gasteiger partial charge in [0, 0.05) is 18.7 Å². The molecule has 0 saturated heterocycles. The van der Waals surface area contributed by atoms with Crippen LogP contribution < -0.4 is 14.8 Å². The number of hydrogen-bond acceptors (Lipinski definition) is 3. The monoisotopic (exact) mass is 263 g/mol. The van der Waals surface area contributed by atoms with Gasteiger partial charge in [-0.05, 0) is 36.5 Å². The van der Waals surface area contributed by atoms with E-state index in [1.165, 1.54) is 31.2 Å².